The van der Waals surface area contributed by atoms with E-state index in [0.29, 0.717) is 0 Å². The van der Waals surface area contributed by atoms with E-state index < -0.39 is 0 Å². The maximum absolute atomic E-state index is 11.2. The molecule has 0 radical (unpaired) electrons. The second kappa shape index (κ2) is 2.38. The molecule has 1 aliphatic heterocycles. The maximum Gasteiger partial charge on any atom is 0.169 e. The molecule has 2 heteroatoms. The summed E-state index contributed by atoms with van der Waals surface area (Å²) in [6.45, 7) is 0. The van der Waals surface area contributed by atoms with Crippen molar-refractivity contribution in [1.29, 1.82) is 0 Å². The van der Waals surface area contributed by atoms with Crippen LogP contribution in [0.15, 0.2) is 36.3 Å². The lowest BCUT2D eigenvalue weighted by Gasteiger charge is -2.20. The van der Waals surface area contributed by atoms with Gasteiger partial charge in [-0.1, -0.05) is 12.2 Å². The van der Waals surface area contributed by atoms with E-state index in [0.717, 1.165) is 12.2 Å². The molecule has 0 amide bonds. The summed E-state index contributed by atoms with van der Waals surface area (Å²) >= 11 is 0. The SMILES string of the molecule is O=C1C=COC2=CC=CCC12. The smallest absolute Gasteiger partial charge is 0.169 e. The fourth-order valence-electron chi connectivity index (χ4n) is 1.28. The molecule has 0 saturated heterocycles. The number of ether oxygens (including phenoxy) is 1. The van der Waals surface area contributed by atoms with Gasteiger partial charge in [-0.05, 0) is 12.5 Å². The van der Waals surface area contributed by atoms with Gasteiger partial charge in [0.15, 0.2) is 5.78 Å². The van der Waals surface area contributed by atoms with Crippen molar-refractivity contribution in [3.63, 3.8) is 0 Å². The molecular formula is C9H8O2. The van der Waals surface area contributed by atoms with Gasteiger partial charge in [0.1, 0.15) is 5.76 Å². The fraction of sp³-hybridized carbons (Fsp3) is 0.222. The summed E-state index contributed by atoms with van der Waals surface area (Å²) in [6.07, 6.45) is 9.45. The topological polar surface area (TPSA) is 26.3 Å². The van der Waals surface area contributed by atoms with Gasteiger partial charge in [0.2, 0.25) is 0 Å². The average Bonchev–Trinajstić information content (AvgIpc) is 2.06. The van der Waals surface area contributed by atoms with Crippen molar-refractivity contribution in [2.24, 2.45) is 5.92 Å². The third-order valence-corrected chi connectivity index (χ3v) is 1.89. The highest BCUT2D eigenvalue weighted by Crippen LogP contribution is 2.25. The molecule has 0 saturated carbocycles. The third kappa shape index (κ3) is 1.00. The van der Waals surface area contributed by atoms with E-state index in [-0.39, 0.29) is 11.7 Å². The Morgan fingerprint density at radius 1 is 1.55 bits per heavy atom. The van der Waals surface area contributed by atoms with Gasteiger partial charge < -0.3 is 4.74 Å². The van der Waals surface area contributed by atoms with Gasteiger partial charge >= 0.3 is 0 Å². The van der Waals surface area contributed by atoms with Crippen molar-refractivity contribution in [3.8, 4) is 0 Å². The third-order valence-electron chi connectivity index (χ3n) is 1.89. The monoisotopic (exact) mass is 148 g/mol. The highest BCUT2D eigenvalue weighted by atomic mass is 16.5. The molecule has 0 aromatic heterocycles. The number of hydrogen-bond acceptors (Lipinski definition) is 2. The van der Waals surface area contributed by atoms with Crippen LogP contribution in [0.25, 0.3) is 0 Å². The van der Waals surface area contributed by atoms with Crippen LogP contribution in [0, 0.1) is 5.92 Å². The standard InChI is InChI=1S/C9H8O2/c10-8-5-6-11-9-4-2-1-3-7(8)9/h1-2,4-7H,3H2. The van der Waals surface area contributed by atoms with Gasteiger partial charge in [-0.15, -0.1) is 0 Å². The van der Waals surface area contributed by atoms with Crippen molar-refractivity contribution >= 4 is 5.78 Å². The zero-order valence-corrected chi connectivity index (χ0v) is 5.99. The van der Waals surface area contributed by atoms with E-state index in [9.17, 15) is 4.79 Å². The van der Waals surface area contributed by atoms with Crippen LogP contribution in [-0.4, -0.2) is 5.78 Å². The Hall–Kier alpha value is -1.31. The summed E-state index contributed by atoms with van der Waals surface area (Å²) < 4.78 is 5.16. The first-order valence-electron chi connectivity index (χ1n) is 3.62. The van der Waals surface area contributed by atoms with E-state index >= 15 is 0 Å². The van der Waals surface area contributed by atoms with Crippen molar-refractivity contribution in [2.45, 2.75) is 6.42 Å². The average molecular weight is 148 g/mol. The lowest BCUT2D eigenvalue weighted by atomic mass is 9.93. The molecule has 0 N–H and O–H groups in total. The lowest BCUT2D eigenvalue weighted by Crippen LogP contribution is -2.19. The molecule has 1 heterocycles. The largest absolute Gasteiger partial charge is 0.468 e. The molecule has 0 spiro atoms. The van der Waals surface area contributed by atoms with Gasteiger partial charge in [-0.2, -0.15) is 0 Å². The first-order chi connectivity index (χ1) is 5.38. The number of carbonyl (C=O) groups excluding carboxylic acids is 1. The highest BCUT2D eigenvalue weighted by Gasteiger charge is 2.25. The van der Waals surface area contributed by atoms with Crippen molar-refractivity contribution in [1.82, 2.24) is 0 Å². The Morgan fingerprint density at radius 2 is 2.45 bits per heavy atom. The first-order valence-corrected chi connectivity index (χ1v) is 3.62. The second-order valence-corrected chi connectivity index (χ2v) is 2.61. The molecule has 1 unspecified atom stereocenters. The number of hydrogen-bond donors (Lipinski definition) is 0. The molecule has 0 aromatic carbocycles. The normalized spacial score (nSPS) is 27.5. The minimum absolute atomic E-state index is 0.0509. The van der Waals surface area contributed by atoms with E-state index in [1.54, 1.807) is 0 Å². The minimum atomic E-state index is -0.0509. The molecule has 0 fully saturated rings. The zero-order chi connectivity index (χ0) is 7.68. The number of fused-ring (bicyclic) bond motifs is 1. The maximum atomic E-state index is 11.2. The van der Waals surface area contributed by atoms with Crippen LogP contribution in [0.5, 0.6) is 0 Å². The molecule has 2 nitrogen and oxygen atoms in total. The van der Waals surface area contributed by atoms with Crippen LogP contribution in [0.1, 0.15) is 6.42 Å². The Balaban J connectivity index is 2.34. The lowest BCUT2D eigenvalue weighted by molar-refractivity contribution is -0.118. The van der Waals surface area contributed by atoms with E-state index in [2.05, 4.69) is 0 Å². The Labute approximate surface area is 64.9 Å². The second-order valence-electron chi connectivity index (χ2n) is 2.61. The molecular weight excluding hydrogens is 140 g/mol. The fourth-order valence-corrected chi connectivity index (χ4v) is 1.28. The number of ketones is 1. The summed E-state index contributed by atoms with van der Waals surface area (Å²) in [6, 6.07) is 0. The van der Waals surface area contributed by atoms with Crippen LogP contribution in [-0.2, 0) is 9.53 Å². The van der Waals surface area contributed by atoms with Crippen LogP contribution in [0.3, 0.4) is 0 Å². The van der Waals surface area contributed by atoms with Crippen LogP contribution >= 0.6 is 0 Å². The number of rotatable bonds is 0. The number of carbonyl (C=O) groups is 1. The van der Waals surface area contributed by atoms with Gasteiger partial charge in [0, 0.05) is 6.08 Å². The van der Waals surface area contributed by atoms with Crippen LogP contribution in [0.4, 0.5) is 0 Å². The van der Waals surface area contributed by atoms with E-state index in [1.165, 1.54) is 12.3 Å². The predicted octanol–water partition coefficient (Wildman–Crippen LogP) is 1.56. The first kappa shape index (κ1) is 6.40. The summed E-state index contributed by atoms with van der Waals surface area (Å²) in [5.74, 6) is 0.872. The molecule has 2 rings (SSSR count). The van der Waals surface area contributed by atoms with E-state index in [1.807, 2.05) is 18.2 Å². The molecule has 0 aromatic rings. The van der Waals surface area contributed by atoms with E-state index in [4.69, 9.17) is 4.74 Å². The highest BCUT2D eigenvalue weighted by molar-refractivity contribution is 5.94. The summed E-state index contributed by atoms with van der Waals surface area (Å²) in [4.78, 5) is 11.2. The minimum Gasteiger partial charge on any atom is -0.468 e. The Kier molecular flexibility index (Phi) is 1.39. The van der Waals surface area contributed by atoms with Crippen molar-refractivity contribution < 1.29 is 9.53 Å². The van der Waals surface area contributed by atoms with Gasteiger partial charge in [-0.25, -0.2) is 0 Å². The molecule has 2 aliphatic rings. The van der Waals surface area contributed by atoms with Crippen molar-refractivity contribution in [3.05, 3.63) is 36.3 Å². The van der Waals surface area contributed by atoms with Gasteiger partial charge in [0.05, 0.1) is 12.2 Å². The summed E-state index contributed by atoms with van der Waals surface area (Å²) in [7, 11) is 0. The quantitative estimate of drug-likeness (QED) is 0.521. The van der Waals surface area contributed by atoms with Crippen molar-refractivity contribution in [2.75, 3.05) is 0 Å². The Bertz CT molecular complexity index is 271. The van der Waals surface area contributed by atoms with Crippen LogP contribution < -0.4 is 0 Å². The zero-order valence-electron chi connectivity index (χ0n) is 5.99. The summed E-state index contributed by atoms with van der Waals surface area (Å²) in [5.41, 5.74) is 0. The number of allylic oxidation sites excluding steroid dienone is 5. The molecule has 0 bridgehead atoms. The van der Waals surface area contributed by atoms with Crippen LogP contribution in [0.2, 0.25) is 0 Å². The Morgan fingerprint density at radius 3 is 3.27 bits per heavy atom. The molecule has 11 heavy (non-hydrogen) atoms. The predicted molar refractivity (Wildman–Crippen MR) is 40.6 cm³/mol. The molecule has 56 valence electrons. The molecule has 1 aliphatic carbocycles. The van der Waals surface area contributed by atoms with Gasteiger partial charge in [-0.3, -0.25) is 4.79 Å². The van der Waals surface area contributed by atoms with Gasteiger partial charge in [0.25, 0.3) is 0 Å². The molecule has 1 atom stereocenters. The summed E-state index contributed by atoms with van der Waals surface area (Å²) in [5, 5.41) is 0.